The van der Waals surface area contributed by atoms with Gasteiger partial charge in [-0.1, -0.05) is 0 Å². The first kappa shape index (κ1) is 17.7. The second kappa shape index (κ2) is 8.33. The molecular weight excluding hydrogens is 334 g/mol. The first-order valence-electron chi connectivity index (χ1n) is 8.47. The summed E-state index contributed by atoms with van der Waals surface area (Å²) in [5, 5.41) is 3.01. The van der Waals surface area contributed by atoms with Crippen molar-refractivity contribution < 1.29 is 19.1 Å². The van der Waals surface area contributed by atoms with Gasteiger partial charge < -0.3 is 19.7 Å². The number of hydrogen-bond donors (Lipinski definition) is 1. The average molecular weight is 355 g/mol. The van der Waals surface area contributed by atoms with E-state index < -0.39 is 0 Å². The van der Waals surface area contributed by atoms with Gasteiger partial charge in [0.1, 0.15) is 11.5 Å². The van der Waals surface area contributed by atoms with E-state index in [1.165, 1.54) is 7.11 Å². The standard InChI is InChI=1S/C19H21N3O4/c1-25-19(24)22-11-8-15(9-12-22)21-18(23)14-4-6-16(7-5-14)26-17-3-2-10-20-13-17/h2-7,10,13,15H,8-9,11-12H2,1H3,(H,21,23). The van der Waals surface area contributed by atoms with E-state index in [1.54, 1.807) is 47.6 Å². The van der Waals surface area contributed by atoms with E-state index in [2.05, 4.69) is 10.3 Å². The van der Waals surface area contributed by atoms with Crippen molar-refractivity contribution in [1.82, 2.24) is 15.2 Å². The number of nitrogens with one attached hydrogen (secondary N) is 1. The van der Waals surface area contributed by atoms with Gasteiger partial charge in [0, 0.05) is 30.9 Å². The Labute approximate surface area is 151 Å². The van der Waals surface area contributed by atoms with Crippen LogP contribution in [0.1, 0.15) is 23.2 Å². The molecule has 136 valence electrons. The largest absolute Gasteiger partial charge is 0.456 e. The molecule has 2 aromatic rings. The van der Waals surface area contributed by atoms with E-state index in [0.717, 1.165) is 0 Å². The van der Waals surface area contributed by atoms with Crippen molar-refractivity contribution in [2.24, 2.45) is 0 Å². The van der Waals surface area contributed by atoms with Crippen LogP contribution < -0.4 is 10.1 Å². The molecule has 1 saturated heterocycles. The van der Waals surface area contributed by atoms with Gasteiger partial charge in [0.05, 0.1) is 13.3 Å². The molecule has 0 atom stereocenters. The number of carbonyl (C=O) groups excluding carboxylic acids is 2. The number of nitrogens with zero attached hydrogens (tertiary/aromatic N) is 2. The Morgan fingerprint density at radius 2 is 1.85 bits per heavy atom. The number of methoxy groups -OCH3 is 1. The maximum atomic E-state index is 12.4. The zero-order chi connectivity index (χ0) is 18.4. The number of benzene rings is 1. The Hall–Kier alpha value is -3.09. The van der Waals surface area contributed by atoms with Crippen LogP contribution in [0.15, 0.2) is 48.8 Å². The minimum atomic E-state index is -0.320. The summed E-state index contributed by atoms with van der Waals surface area (Å²) >= 11 is 0. The van der Waals surface area contributed by atoms with E-state index >= 15 is 0 Å². The first-order valence-corrected chi connectivity index (χ1v) is 8.47. The molecule has 0 spiro atoms. The third-order valence-corrected chi connectivity index (χ3v) is 4.25. The fourth-order valence-electron chi connectivity index (χ4n) is 2.82. The molecule has 0 radical (unpaired) electrons. The van der Waals surface area contributed by atoms with Crippen molar-refractivity contribution in [1.29, 1.82) is 0 Å². The van der Waals surface area contributed by atoms with Gasteiger partial charge in [0.15, 0.2) is 0 Å². The van der Waals surface area contributed by atoms with Crippen molar-refractivity contribution in [3.8, 4) is 11.5 Å². The van der Waals surface area contributed by atoms with E-state index in [9.17, 15) is 9.59 Å². The summed E-state index contributed by atoms with van der Waals surface area (Å²) in [4.78, 5) is 29.5. The lowest BCUT2D eigenvalue weighted by molar-refractivity contribution is 0.0892. The second-order valence-corrected chi connectivity index (χ2v) is 6.02. The van der Waals surface area contributed by atoms with E-state index in [-0.39, 0.29) is 18.0 Å². The van der Waals surface area contributed by atoms with Crippen LogP contribution in [0.25, 0.3) is 0 Å². The molecule has 1 aromatic heterocycles. The molecule has 1 aromatic carbocycles. The smallest absolute Gasteiger partial charge is 0.409 e. The SMILES string of the molecule is COC(=O)N1CCC(NC(=O)c2ccc(Oc3cccnc3)cc2)CC1. The highest BCUT2D eigenvalue weighted by molar-refractivity contribution is 5.94. The normalized spacial score (nSPS) is 14.6. The van der Waals surface area contributed by atoms with Crippen LogP contribution >= 0.6 is 0 Å². The number of amides is 2. The van der Waals surface area contributed by atoms with Crippen molar-refractivity contribution in [2.75, 3.05) is 20.2 Å². The highest BCUT2D eigenvalue weighted by Gasteiger charge is 2.24. The second-order valence-electron chi connectivity index (χ2n) is 6.02. The molecule has 0 unspecified atom stereocenters. The average Bonchev–Trinajstić information content (AvgIpc) is 2.69. The molecule has 1 aliphatic heterocycles. The third kappa shape index (κ3) is 4.50. The van der Waals surface area contributed by atoms with Gasteiger partial charge in [-0.25, -0.2) is 4.79 Å². The van der Waals surface area contributed by atoms with E-state index in [4.69, 9.17) is 9.47 Å². The highest BCUT2D eigenvalue weighted by atomic mass is 16.5. The van der Waals surface area contributed by atoms with E-state index in [0.29, 0.717) is 43.0 Å². The van der Waals surface area contributed by atoms with Gasteiger partial charge in [-0.05, 0) is 49.2 Å². The lowest BCUT2D eigenvalue weighted by Crippen LogP contribution is -2.46. The number of aromatic nitrogens is 1. The highest BCUT2D eigenvalue weighted by Crippen LogP contribution is 2.20. The van der Waals surface area contributed by atoms with E-state index in [1.807, 2.05) is 6.07 Å². The van der Waals surface area contributed by atoms with Crippen LogP contribution in [-0.2, 0) is 4.74 Å². The molecule has 2 amide bonds. The molecule has 7 nitrogen and oxygen atoms in total. The van der Waals surface area contributed by atoms with Crippen LogP contribution in [0.5, 0.6) is 11.5 Å². The molecule has 2 heterocycles. The van der Waals surface area contributed by atoms with Crippen LogP contribution in [-0.4, -0.2) is 48.1 Å². The molecule has 1 N–H and O–H groups in total. The number of hydrogen-bond acceptors (Lipinski definition) is 5. The zero-order valence-corrected chi connectivity index (χ0v) is 14.6. The number of rotatable bonds is 4. The predicted molar refractivity (Wildman–Crippen MR) is 95.2 cm³/mol. The number of ether oxygens (including phenoxy) is 2. The monoisotopic (exact) mass is 355 g/mol. The zero-order valence-electron chi connectivity index (χ0n) is 14.6. The summed E-state index contributed by atoms with van der Waals surface area (Å²) in [7, 11) is 1.37. The molecule has 0 saturated carbocycles. The van der Waals surface area contributed by atoms with Gasteiger partial charge in [-0.3, -0.25) is 9.78 Å². The first-order chi connectivity index (χ1) is 12.7. The Kier molecular flexibility index (Phi) is 5.68. The molecule has 0 aliphatic carbocycles. The summed E-state index contributed by atoms with van der Waals surface area (Å²) < 4.78 is 10.4. The van der Waals surface area contributed by atoms with Crippen molar-refractivity contribution in [3.63, 3.8) is 0 Å². The fraction of sp³-hybridized carbons (Fsp3) is 0.316. The van der Waals surface area contributed by atoms with Crippen LogP contribution in [0.4, 0.5) is 4.79 Å². The molecule has 3 rings (SSSR count). The maximum Gasteiger partial charge on any atom is 0.409 e. The summed E-state index contributed by atoms with van der Waals surface area (Å²) in [6.07, 6.45) is 4.41. The molecule has 26 heavy (non-hydrogen) atoms. The van der Waals surface area contributed by atoms with Crippen molar-refractivity contribution in [3.05, 3.63) is 54.4 Å². The molecule has 0 bridgehead atoms. The topological polar surface area (TPSA) is 80.8 Å². The molecule has 7 heteroatoms. The van der Waals surface area contributed by atoms with Crippen LogP contribution in [0.3, 0.4) is 0 Å². The van der Waals surface area contributed by atoms with Gasteiger partial charge in [0.25, 0.3) is 5.91 Å². The van der Waals surface area contributed by atoms with Gasteiger partial charge >= 0.3 is 6.09 Å². The summed E-state index contributed by atoms with van der Waals surface area (Å²) in [6.45, 7) is 1.16. The minimum Gasteiger partial charge on any atom is -0.456 e. The number of carbonyl (C=O) groups is 2. The van der Waals surface area contributed by atoms with Gasteiger partial charge in [0.2, 0.25) is 0 Å². The summed E-state index contributed by atoms with van der Waals surface area (Å²) in [5.74, 6) is 1.15. The maximum absolute atomic E-state index is 12.4. The fourth-order valence-corrected chi connectivity index (χ4v) is 2.82. The van der Waals surface area contributed by atoms with Crippen molar-refractivity contribution in [2.45, 2.75) is 18.9 Å². The Morgan fingerprint density at radius 3 is 2.46 bits per heavy atom. The number of piperidine rings is 1. The van der Waals surface area contributed by atoms with Crippen molar-refractivity contribution >= 4 is 12.0 Å². The third-order valence-electron chi connectivity index (χ3n) is 4.25. The molecule has 1 fully saturated rings. The lowest BCUT2D eigenvalue weighted by atomic mass is 10.0. The van der Waals surface area contributed by atoms with Gasteiger partial charge in [-0.2, -0.15) is 0 Å². The Bertz CT molecular complexity index is 741. The summed E-state index contributed by atoms with van der Waals surface area (Å²) in [5.41, 5.74) is 0.568. The molecule has 1 aliphatic rings. The Balaban J connectivity index is 1.51. The quantitative estimate of drug-likeness (QED) is 0.912. The van der Waals surface area contributed by atoms with Crippen LogP contribution in [0.2, 0.25) is 0 Å². The van der Waals surface area contributed by atoms with Gasteiger partial charge in [-0.15, -0.1) is 0 Å². The van der Waals surface area contributed by atoms with Crippen LogP contribution in [0, 0.1) is 0 Å². The Morgan fingerprint density at radius 1 is 1.12 bits per heavy atom. The number of likely N-dealkylation sites (tertiary alicyclic amines) is 1. The molecular formula is C19H21N3O4. The summed E-state index contributed by atoms with van der Waals surface area (Å²) in [6, 6.07) is 10.6. The predicted octanol–water partition coefficient (Wildman–Crippen LogP) is 2.83. The number of pyridine rings is 1. The lowest BCUT2D eigenvalue weighted by Gasteiger charge is -2.31. The minimum absolute atomic E-state index is 0.0507.